The average molecular weight is 710 g/mol. The predicted octanol–water partition coefficient (Wildman–Crippen LogP) is 14.6. The fourth-order valence-electron chi connectivity index (χ4n) is 8.52. The lowest BCUT2D eigenvalue weighted by Crippen LogP contribution is -2.57. The summed E-state index contributed by atoms with van der Waals surface area (Å²) in [6, 6.07) is 5.34. The van der Waals surface area contributed by atoms with E-state index >= 15 is 4.57 Å². The van der Waals surface area contributed by atoms with Crippen LogP contribution in [0.4, 0.5) is 0 Å². The van der Waals surface area contributed by atoms with E-state index in [1.165, 1.54) is 44.0 Å². The summed E-state index contributed by atoms with van der Waals surface area (Å²) in [6.45, 7) is 54.0. The molecular formula is C45H77NOP2. The average Bonchev–Trinajstić information content (AvgIpc) is 2.83. The van der Waals surface area contributed by atoms with Crippen molar-refractivity contribution in [2.24, 2.45) is 16.2 Å². The molecule has 0 saturated carbocycles. The van der Waals surface area contributed by atoms with Crippen LogP contribution in [0, 0.1) is 16.2 Å². The molecular weight excluding hydrogens is 632 g/mol. The zero-order valence-corrected chi connectivity index (χ0v) is 38.2. The highest BCUT2D eigenvalue weighted by Gasteiger charge is 2.72. The molecule has 0 saturated heterocycles. The van der Waals surface area contributed by atoms with Gasteiger partial charge in [0, 0.05) is 17.1 Å². The van der Waals surface area contributed by atoms with E-state index in [4.69, 9.17) is 0 Å². The highest BCUT2D eigenvalue weighted by atomic mass is 31.2. The molecule has 0 spiro atoms. The molecule has 3 rings (SSSR count). The number of hydrogen-bond acceptors (Lipinski definition) is 1. The molecule has 0 amide bonds. The van der Waals surface area contributed by atoms with E-state index in [2.05, 4.69) is 188 Å². The van der Waals surface area contributed by atoms with Gasteiger partial charge in [-0.15, -0.1) is 0 Å². The van der Waals surface area contributed by atoms with Crippen molar-refractivity contribution < 1.29 is 4.57 Å². The monoisotopic (exact) mass is 710 g/mol. The minimum atomic E-state index is -3.14. The van der Waals surface area contributed by atoms with Gasteiger partial charge in [-0.25, -0.2) is 4.67 Å². The lowest BCUT2D eigenvalue weighted by molar-refractivity contribution is 0.255. The Labute approximate surface area is 306 Å². The smallest absolute Gasteiger partial charge is 0.194 e. The summed E-state index contributed by atoms with van der Waals surface area (Å²) in [5.41, 5.74) is 9.55. The Kier molecular flexibility index (Phi) is 11.2. The zero-order chi connectivity index (χ0) is 38.5. The van der Waals surface area contributed by atoms with Crippen molar-refractivity contribution in [1.29, 1.82) is 0 Å². The maximum Gasteiger partial charge on any atom is 0.194 e. The predicted molar refractivity (Wildman–Crippen MR) is 223 cm³/mol. The topological polar surface area (TPSA) is 20.3 Å². The number of rotatable bonds is 6. The molecule has 1 aromatic rings. The molecule has 3 atom stereocenters. The van der Waals surface area contributed by atoms with E-state index in [1.54, 1.807) is 0 Å². The van der Waals surface area contributed by atoms with Crippen molar-refractivity contribution >= 4 is 15.2 Å². The normalized spacial score (nSPS) is 23.6. The third-order valence-electron chi connectivity index (χ3n) is 11.0. The first-order valence-electron chi connectivity index (χ1n) is 19.1. The molecule has 4 heteroatoms. The summed E-state index contributed by atoms with van der Waals surface area (Å²) < 4.78 is 19.5. The molecule has 0 N–H and O–H groups in total. The lowest BCUT2D eigenvalue weighted by Gasteiger charge is -2.65. The van der Waals surface area contributed by atoms with Crippen molar-refractivity contribution in [2.45, 2.75) is 192 Å². The standard InChI is InChI=1S/C45H77NOP2/c1-29(2)46(30(3)4)49(47)38(37-36(43(17,18)19)26-32(40(8,9)10)27-45(37,49)44(20,21)22)48(23)28-33-34(41(11,12)13)24-31(39(5,6)7)25-35(33)42(14,15)16/h24-27,29-30H,28H2,1-23H3. The maximum atomic E-state index is 17.1. The van der Waals surface area contributed by atoms with Gasteiger partial charge in [-0.1, -0.05) is 157 Å². The Morgan fingerprint density at radius 3 is 1.41 bits per heavy atom. The third kappa shape index (κ3) is 7.34. The number of benzene rings is 1. The summed E-state index contributed by atoms with van der Waals surface area (Å²) in [6.07, 6.45) is 5.96. The minimum Gasteiger partial charge on any atom is -0.300 e. The quantitative estimate of drug-likeness (QED) is 0.274. The van der Waals surface area contributed by atoms with Crippen LogP contribution >= 0.6 is 15.2 Å². The molecule has 3 unspecified atom stereocenters. The summed E-state index contributed by atoms with van der Waals surface area (Å²) in [5, 5.41) is 0.737. The summed E-state index contributed by atoms with van der Waals surface area (Å²) in [7, 11) is -3.94. The van der Waals surface area contributed by atoms with Gasteiger partial charge < -0.3 is 4.57 Å². The van der Waals surface area contributed by atoms with Gasteiger partial charge >= 0.3 is 0 Å². The Hall–Kier alpha value is -0.940. The third-order valence-corrected chi connectivity index (χ3v) is 18.9. The summed E-state index contributed by atoms with van der Waals surface area (Å²) in [4.78, 5) is 0. The van der Waals surface area contributed by atoms with Gasteiger partial charge in [-0.05, 0) is 112 Å². The van der Waals surface area contributed by atoms with Crippen LogP contribution in [0.25, 0.3) is 0 Å². The molecule has 2 aliphatic rings. The summed E-state index contributed by atoms with van der Waals surface area (Å²) in [5.74, 6) is 0. The second-order valence-corrected chi connectivity index (χ2v) is 27.5. The molecule has 1 aliphatic heterocycles. The lowest BCUT2D eigenvalue weighted by atomic mass is 9.63. The van der Waals surface area contributed by atoms with Crippen LogP contribution < -0.4 is 0 Å². The number of allylic oxidation sites excluding steroid dienone is 5. The molecule has 0 aromatic heterocycles. The number of fused-ring (bicyclic) bond motifs is 1. The van der Waals surface area contributed by atoms with Crippen LogP contribution in [-0.4, -0.2) is 28.6 Å². The maximum absolute atomic E-state index is 17.1. The van der Waals surface area contributed by atoms with Gasteiger partial charge in [0.15, 0.2) is 7.29 Å². The summed E-state index contributed by atoms with van der Waals surface area (Å²) >= 11 is 0. The van der Waals surface area contributed by atoms with Crippen molar-refractivity contribution in [3.63, 3.8) is 0 Å². The van der Waals surface area contributed by atoms with Gasteiger partial charge in [0.25, 0.3) is 0 Å². The minimum absolute atomic E-state index is 0.0172. The first-order valence-corrected chi connectivity index (χ1v) is 22.7. The number of nitrogens with zero attached hydrogens (tertiary/aromatic N) is 1. The van der Waals surface area contributed by atoms with Crippen molar-refractivity contribution in [3.05, 3.63) is 68.3 Å². The Bertz CT molecular complexity index is 1530. The van der Waals surface area contributed by atoms with Crippen LogP contribution in [-0.2, 0) is 27.0 Å². The van der Waals surface area contributed by atoms with Crippen LogP contribution in [0.3, 0.4) is 0 Å². The second-order valence-electron chi connectivity index (χ2n) is 22.2. The van der Waals surface area contributed by atoms with E-state index in [1.807, 2.05) is 0 Å². The molecule has 278 valence electrons. The Morgan fingerprint density at radius 2 is 1.10 bits per heavy atom. The fraction of sp³-hybridized carbons (Fsp3) is 0.733. The van der Waals surface area contributed by atoms with Gasteiger partial charge in [0.1, 0.15) is 0 Å². The van der Waals surface area contributed by atoms with E-state index in [0.717, 1.165) is 6.16 Å². The zero-order valence-electron chi connectivity index (χ0n) is 36.4. The molecule has 1 aliphatic carbocycles. The Morgan fingerprint density at radius 1 is 0.673 bits per heavy atom. The van der Waals surface area contributed by atoms with Crippen LogP contribution in [0.2, 0.25) is 0 Å². The first kappa shape index (κ1) is 42.5. The highest BCUT2D eigenvalue weighted by Crippen LogP contribution is 2.91. The van der Waals surface area contributed by atoms with E-state index < -0.39 is 20.4 Å². The number of hydrogen-bond donors (Lipinski definition) is 0. The van der Waals surface area contributed by atoms with Crippen LogP contribution in [0.15, 0.2) is 46.1 Å². The first-order chi connectivity index (χ1) is 21.6. The molecule has 1 heterocycles. The molecule has 1 aromatic carbocycles. The fourth-order valence-corrected chi connectivity index (χ4v) is 17.5. The molecule has 0 radical (unpaired) electrons. The van der Waals surface area contributed by atoms with E-state index in [9.17, 15) is 0 Å². The molecule has 0 fully saturated rings. The van der Waals surface area contributed by atoms with E-state index in [0.29, 0.717) is 0 Å². The van der Waals surface area contributed by atoms with Gasteiger partial charge in [-0.2, -0.15) is 0 Å². The van der Waals surface area contributed by atoms with Gasteiger partial charge in [0.2, 0.25) is 0 Å². The Balaban J connectivity index is 2.61. The van der Waals surface area contributed by atoms with Crippen molar-refractivity contribution in [1.82, 2.24) is 4.67 Å². The SMILES string of the molecule is CC(C)N(C(C)C)P1(=O)C(P(C)Cc2c(C(C)(C)C)cc(C(C)(C)C)cc2C(C)(C)C)=C2C(C(C)(C)C)=CC(C(C)(C)C)=CC21C(C)(C)C. The largest absolute Gasteiger partial charge is 0.300 e. The highest BCUT2D eigenvalue weighted by molar-refractivity contribution is 7.86. The molecule has 2 nitrogen and oxygen atoms in total. The second kappa shape index (κ2) is 12.9. The van der Waals surface area contributed by atoms with Crippen molar-refractivity contribution in [3.8, 4) is 0 Å². The van der Waals surface area contributed by atoms with Crippen LogP contribution in [0.1, 0.15) is 175 Å². The van der Waals surface area contributed by atoms with E-state index in [-0.39, 0.29) is 44.6 Å². The molecule has 0 bridgehead atoms. The van der Waals surface area contributed by atoms with Crippen molar-refractivity contribution in [2.75, 3.05) is 6.66 Å². The van der Waals surface area contributed by atoms with Gasteiger partial charge in [-0.3, -0.25) is 0 Å². The van der Waals surface area contributed by atoms with Gasteiger partial charge in [0.05, 0.1) is 5.16 Å². The van der Waals surface area contributed by atoms with Crippen LogP contribution in [0.5, 0.6) is 0 Å². The molecule has 49 heavy (non-hydrogen) atoms.